The van der Waals surface area contributed by atoms with Crippen LogP contribution in [0.15, 0.2) is 16.6 Å². The second-order valence-corrected chi connectivity index (χ2v) is 5.99. The molecular weight excluding hydrogens is 405 g/mol. The quantitative estimate of drug-likeness (QED) is 0.202. The lowest BCUT2D eigenvalue weighted by Crippen LogP contribution is -2.39. The number of halogens is 1. The van der Waals surface area contributed by atoms with E-state index in [4.69, 9.17) is 9.47 Å². The number of rotatable bonds is 8. The van der Waals surface area contributed by atoms with Crippen LogP contribution < -0.4 is 10.6 Å². The molecule has 6 heteroatoms. The van der Waals surface area contributed by atoms with Gasteiger partial charge in [0.2, 0.25) is 0 Å². The van der Waals surface area contributed by atoms with Crippen LogP contribution in [0.5, 0.6) is 0 Å². The summed E-state index contributed by atoms with van der Waals surface area (Å²) in [7, 11) is 1.81. The van der Waals surface area contributed by atoms with Gasteiger partial charge in [-0.05, 0) is 44.9 Å². The molecule has 0 bridgehead atoms. The average molecular weight is 437 g/mol. The van der Waals surface area contributed by atoms with Crippen LogP contribution in [0, 0.1) is 0 Å². The van der Waals surface area contributed by atoms with E-state index in [1.807, 2.05) is 7.05 Å². The highest BCUT2D eigenvalue weighted by atomic mass is 127. The lowest BCUT2D eigenvalue weighted by molar-refractivity contribution is 0.0191. The summed E-state index contributed by atoms with van der Waals surface area (Å²) >= 11 is 0. The van der Waals surface area contributed by atoms with E-state index in [1.165, 1.54) is 32.1 Å². The summed E-state index contributed by atoms with van der Waals surface area (Å²) in [5.74, 6) is 0.858. The van der Waals surface area contributed by atoms with Crippen molar-refractivity contribution in [2.75, 3.05) is 40.0 Å². The summed E-state index contributed by atoms with van der Waals surface area (Å²) in [5.41, 5.74) is 1.59. The van der Waals surface area contributed by atoms with Gasteiger partial charge in [-0.3, -0.25) is 4.99 Å². The van der Waals surface area contributed by atoms with Gasteiger partial charge >= 0.3 is 0 Å². The van der Waals surface area contributed by atoms with Crippen LogP contribution in [-0.4, -0.2) is 52.0 Å². The third kappa shape index (κ3) is 8.91. The lowest BCUT2D eigenvalue weighted by atomic mass is 9.97. The fourth-order valence-corrected chi connectivity index (χ4v) is 2.93. The minimum Gasteiger partial charge on any atom is -0.377 e. The molecule has 0 radical (unpaired) electrons. The predicted octanol–water partition coefficient (Wildman–Crippen LogP) is 2.86. The number of ether oxygens (including phenoxy) is 2. The molecule has 1 fully saturated rings. The molecule has 5 nitrogen and oxygen atoms in total. The van der Waals surface area contributed by atoms with Gasteiger partial charge < -0.3 is 20.1 Å². The summed E-state index contributed by atoms with van der Waals surface area (Å²) in [6.07, 6.45) is 11.4. The van der Waals surface area contributed by atoms with Crippen molar-refractivity contribution in [3.05, 3.63) is 11.6 Å². The first-order chi connectivity index (χ1) is 10.9. The Morgan fingerprint density at radius 1 is 1.30 bits per heavy atom. The van der Waals surface area contributed by atoms with Gasteiger partial charge in [-0.15, -0.1) is 24.0 Å². The van der Waals surface area contributed by atoms with E-state index in [0.717, 1.165) is 38.5 Å². The normalized spacial score (nSPS) is 21.5. The van der Waals surface area contributed by atoms with Gasteiger partial charge in [0.1, 0.15) is 0 Å². The van der Waals surface area contributed by atoms with E-state index >= 15 is 0 Å². The van der Waals surface area contributed by atoms with Crippen LogP contribution in [0.2, 0.25) is 0 Å². The van der Waals surface area contributed by atoms with Crippen molar-refractivity contribution in [3.63, 3.8) is 0 Å². The van der Waals surface area contributed by atoms with Crippen molar-refractivity contribution < 1.29 is 9.47 Å². The van der Waals surface area contributed by atoms with Gasteiger partial charge in [0.15, 0.2) is 5.96 Å². The first-order valence-corrected chi connectivity index (χ1v) is 8.70. The Morgan fingerprint density at radius 3 is 2.87 bits per heavy atom. The second kappa shape index (κ2) is 13.0. The molecule has 1 heterocycles. The molecule has 134 valence electrons. The Balaban J connectivity index is 0.00000264. The third-order valence-corrected chi connectivity index (χ3v) is 4.21. The summed E-state index contributed by atoms with van der Waals surface area (Å²) in [6.45, 7) is 4.00. The van der Waals surface area contributed by atoms with E-state index in [0.29, 0.717) is 19.3 Å². The number of hydrogen-bond donors (Lipinski definition) is 2. The van der Waals surface area contributed by atoms with Crippen molar-refractivity contribution in [2.45, 2.75) is 51.0 Å². The summed E-state index contributed by atoms with van der Waals surface area (Å²) in [4.78, 5) is 4.24. The van der Waals surface area contributed by atoms with Crippen molar-refractivity contribution in [1.82, 2.24) is 10.6 Å². The number of hydrogen-bond acceptors (Lipinski definition) is 3. The second-order valence-electron chi connectivity index (χ2n) is 5.99. The van der Waals surface area contributed by atoms with Crippen molar-refractivity contribution in [3.8, 4) is 0 Å². The number of aliphatic imine (C=N–C) groups is 1. The monoisotopic (exact) mass is 437 g/mol. The van der Waals surface area contributed by atoms with Crippen LogP contribution >= 0.6 is 24.0 Å². The molecule has 0 aromatic carbocycles. The zero-order valence-electron chi connectivity index (χ0n) is 14.3. The molecule has 2 rings (SSSR count). The molecule has 0 aromatic heterocycles. The van der Waals surface area contributed by atoms with E-state index in [-0.39, 0.29) is 24.0 Å². The van der Waals surface area contributed by atoms with Crippen LogP contribution in [0.25, 0.3) is 0 Å². The number of guanidine groups is 1. The summed E-state index contributed by atoms with van der Waals surface area (Å²) in [5, 5.41) is 6.65. The maximum absolute atomic E-state index is 5.63. The summed E-state index contributed by atoms with van der Waals surface area (Å²) < 4.78 is 11.2. The summed E-state index contributed by atoms with van der Waals surface area (Å²) in [6, 6.07) is 0. The topological polar surface area (TPSA) is 54.9 Å². The standard InChI is InChI=1S/C17H31N3O2.HI/c1-18-17(19-10-9-15-6-3-2-4-7-15)20-11-13-21-14-16-8-5-12-22-16;/h6,16H,2-5,7-14H2,1H3,(H2,18,19,20);1H. The highest BCUT2D eigenvalue weighted by Crippen LogP contribution is 2.19. The van der Waals surface area contributed by atoms with Gasteiger partial charge in [-0.2, -0.15) is 0 Å². The van der Waals surface area contributed by atoms with Crippen molar-refractivity contribution in [2.24, 2.45) is 4.99 Å². The predicted molar refractivity (Wildman–Crippen MR) is 106 cm³/mol. The molecule has 23 heavy (non-hydrogen) atoms. The van der Waals surface area contributed by atoms with Crippen LogP contribution in [-0.2, 0) is 9.47 Å². The Kier molecular flexibility index (Phi) is 11.7. The molecular formula is C17H32IN3O2. The van der Waals surface area contributed by atoms with Crippen LogP contribution in [0.4, 0.5) is 0 Å². The first-order valence-electron chi connectivity index (χ1n) is 8.70. The lowest BCUT2D eigenvalue weighted by Gasteiger charge is -2.15. The number of nitrogens with one attached hydrogen (secondary N) is 2. The number of nitrogens with zero attached hydrogens (tertiary/aromatic N) is 1. The maximum atomic E-state index is 5.63. The molecule has 0 spiro atoms. The SMILES string of the molecule is CN=C(NCCOCC1CCCO1)NCCC1=CCCCC1.I. The maximum Gasteiger partial charge on any atom is 0.191 e. The largest absolute Gasteiger partial charge is 0.377 e. The molecule has 1 atom stereocenters. The van der Waals surface area contributed by atoms with Crippen LogP contribution in [0.1, 0.15) is 44.9 Å². The molecule has 0 saturated carbocycles. The van der Waals surface area contributed by atoms with Gasteiger partial charge in [0, 0.05) is 26.7 Å². The molecule has 0 aromatic rings. The number of allylic oxidation sites excluding steroid dienone is 1. The minimum absolute atomic E-state index is 0. The molecule has 0 amide bonds. The Bertz CT molecular complexity index is 369. The van der Waals surface area contributed by atoms with Gasteiger partial charge in [-0.25, -0.2) is 0 Å². The highest BCUT2D eigenvalue weighted by molar-refractivity contribution is 14.0. The molecule has 2 N–H and O–H groups in total. The average Bonchev–Trinajstić information content (AvgIpc) is 3.07. The van der Waals surface area contributed by atoms with E-state index < -0.39 is 0 Å². The fourth-order valence-electron chi connectivity index (χ4n) is 2.93. The van der Waals surface area contributed by atoms with Crippen LogP contribution in [0.3, 0.4) is 0 Å². The molecule has 1 aliphatic carbocycles. The zero-order valence-corrected chi connectivity index (χ0v) is 16.6. The molecule has 1 saturated heterocycles. The highest BCUT2D eigenvalue weighted by Gasteiger charge is 2.14. The first kappa shape index (κ1) is 20.7. The van der Waals surface area contributed by atoms with E-state index in [2.05, 4.69) is 21.7 Å². The zero-order chi connectivity index (χ0) is 15.5. The van der Waals surface area contributed by atoms with E-state index in [9.17, 15) is 0 Å². The van der Waals surface area contributed by atoms with Gasteiger partial charge in [-0.1, -0.05) is 11.6 Å². The minimum atomic E-state index is 0. The smallest absolute Gasteiger partial charge is 0.191 e. The fraction of sp³-hybridized carbons (Fsp3) is 0.824. The van der Waals surface area contributed by atoms with Crippen molar-refractivity contribution >= 4 is 29.9 Å². The molecule has 1 unspecified atom stereocenters. The molecule has 1 aliphatic heterocycles. The third-order valence-electron chi connectivity index (χ3n) is 4.21. The molecule has 2 aliphatic rings. The Morgan fingerprint density at radius 2 is 2.17 bits per heavy atom. The van der Waals surface area contributed by atoms with Gasteiger partial charge in [0.05, 0.1) is 19.3 Å². The van der Waals surface area contributed by atoms with E-state index in [1.54, 1.807) is 5.57 Å². The van der Waals surface area contributed by atoms with Crippen molar-refractivity contribution in [1.29, 1.82) is 0 Å². The Hall–Kier alpha value is -0.340. The van der Waals surface area contributed by atoms with Gasteiger partial charge in [0.25, 0.3) is 0 Å². The Labute approximate surface area is 157 Å².